The van der Waals surface area contributed by atoms with Crippen LogP contribution in [0.3, 0.4) is 0 Å². The quantitative estimate of drug-likeness (QED) is 0.850. The molecule has 7 heteroatoms. The lowest BCUT2D eigenvalue weighted by molar-refractivity contribution is -0.130. The lowest BCUT2D eigenvalue weighted by atomic mass is 10.0. The number of pyridine rings is 1. The molecule has 3 atom stereocenters. The number of imide groups is 1. The van der Waals surface area contributed by atoms with Crippen LogP contribution in [0, 0.1) is 0 Å². The first kappa shape index (κ1) is 19.1. The summed E-state index contributed by atoms with van der Waals surface area (Å²) >= 11 is 6.10. The second-order valence-electron chi connectivity index (χ2n) is 6.22. The van der Waals surface area contributed by atoms with Crippen molar-refractivity contribution in [2.24, 2.45) is 0 Å². The summed E-state index contributed by atoms with van der Waals surface area (Å²) in [6.07, 6.45) is 0.245. The first-order valence-corrected chi connectivity index (χ1v) is 8.89. The molecule has 0 spiro atoms. The second-order valence-corrected chi connectivity index (χ2v) is 6.66. The van der Waals surface area contributed by atoms with Crippen molar-refractivity contribution >= 4 is 29.7 Å². The Hall–Kier alpha value is -2.70. The summed E-state index contributed by atoms with van der Waals surface area (Å²) in [6.45, 7) is 1.73. The molecule has 1 aliphatic heterocycles. The fourth-order valence-corrected chi connectivity index (χ4v) is 3.13. The standard InChI is InChI=1S/C20H19ClN2O4/c1-13-19(14-7-3-2-4-8-14)27-20(26)23(13)18(25)12-17(24)16(21)11-15-9-5-6-10-22-15/h2-11,13,17,19,24H,12H2,1H3/b16-11-/t13-,17-,19-/m0/s1. The van der Waals surface area contributed by atoms with E-state index in [-0.39, 0.29) is 11.5 Å². The van der Waals surface area contributed by atoms with Crippen LogP contribution < -0.4 is 0 Å². The number of halogens is 1. The maximum atomic E-state index is 12.6. The molecule has 27 heavy (non-hydrogen) atoms. The molecular formula is C20H19ClN2O4. The Morgan fingerprint density at radius 2 is 2.00 bits per heavy atom. The van der Waals surface area contributed by atoms with Crippen LogP contribution in [0.15, 0.2) is 59.8 Å². The average molecular weight is 387 g/mol. The van der Waals surface area contributed by atoms with E-state index >= 15 is 0 Å². The summed E-state index contributed by atoms with van der Waals surface area (Å²) in [7, 11) is 0. The smallest absolute Gasteiger partial charge is 0.417 e. The number of hydrogen-bond acceptors (Lipinski definition) is 5. The lowest BCUT2D eigenvalue weighted by Gasteiger charge is -2.20. The number of aliphatic hydroxyl groups excluding tert-OH is 1. The number of rotatable bonds is 5. The predicted molar refractivity (Wildman–Crippen MR) is 101 cm³/mol. The van der Waals surface area contributed by atoms with Crippen LogP contribution in [0.1, 0.15) is 30.7 Å². The highest BCUT2D eigenvalue weighted by Crippen LogP contribution is 2.33. The van der Waals surface area contributed by atoms with E-state index in [1.807, 2.05) is 30.3 Å². The lowest BCUT2D eigenvalue weighted by Crippen LogP contribution is -2.39. The molecule has 1 aromatic carbocycles. The molecule has 0 radical (unpaired) electrons. The summed E-state index contributed by atoms with van der Waals surface area (Å²) < 4.78 is 5.36. The van der Waals surface area contributed by atoms with Gasteiger partial charge in [-0.2, -0.15) is 0 Å². The molecule has 0 saturated carbocycles. The van der Waals surface area contributed by atoms with Gasteiger partial charge in [-0.15, -0.1) is 0 Å². The third kappa shape index (κ3) is 4.35. The van der Waals surface area contributed by atoms with Gasteiger partial charge < -0.3 is 9.84 Å². The van der Waals surface area contributed by atoms with Crippen LogP contribution in [-0.2, 0) is 9.53 Å². The second kappa shape index (κ2) is 8.33. The van der Waals surface area contributed by atoms with Gasteiger partial charge in [-0.25, -0.2) is 9.69 Å². The molecule has 0 aliphatic carbocycles. The number of ether oxygens (including phenoxy) is 1. The molecule has 2 amide bonds. The van der Waals surface area contributed by atoms with E-state index < -0.39 is 30.3 Å². The number of nitrogens with zero attached hydrogens (tertiary/aromatic N) is 2. The third-order valence-electron chi connectivity index (χ3n) is 4.33. The maximum Gasteiger partial charge on any atom is 0.417 e. The molecule has 2 heterocycles. The average Bonchev–Trinajstić information content (AvgIpc) is 2.97. The van der Waals surface area contributed by atoms with Crippen molar-refractivity contribution in [1.29, 1.82) is 0 Å². The van der Waals surface area contributed by atoms with Crippen LogP contribution in [0.5, 0.6) is 0 Å². The monoisotopic (exact) mass is 386 g/mol. The fourth-order valence-electron chi connectivity index (χ4n) is 2.94. The highest BCUT2D eigenvalue weighted by atomic mass is 35.5. The molecule has 3 rings (SSSR count). The van der Waals surface area contributed by atoms with Gasteiger partial charge in [-0.05, 0) is 30.7 Å². The largest absolute Gasteiger partial charge is 0.439 e. The number of benzene rings is 1. The molecule has 1 N–H and O–H groups in total. The Balaban J connectivity index is 1.68. The topological polar surface area (TPSA) is 79.7 Å². The van der Waals surface area contributed by atoms with Crippen LogP contribution >= 0.6 is 11.6 Å². The van der Waals surface area contributed by atoms with E-state index in [0.29, 0.717) is 5.69 Å². The number of hydrogen-bond donors (Lipinski definition) is 1. The molecule has 140 valence electrons. The Bertz CT molecular complexity index is 842. The van der Waals surface area contributed by atoms with E-state index in [4.69, 9.17) is 16.3 Å². The Morgan fingerprint density at radius 3 is 2.67 bits per heavy atom. The zero-order valence-electron chi connectivity index (χ0n) is 14.7. The Labute approximate surface area is 162 Å². The van der Waals surface area contributed by atoms with E-state index in [1.54, 1.807) is 31.3 Å². The molecule has 0 bridgehead atoms. The van der Waals surface area contributed by atoms with E-state index in [2.05, 4.69) is 4.98 Å². The number of amides is 2. The first-order chi connectivity index (χ1) is 13.0. The van der Waals surface area contributed by atoms with E-state index in [0.717, 1.165) is 10.5 Å². The van der Waals surface area contributed by atoms with Crippen molar-refractivity contribution in [3.63, 3.8) is 0 Å². The minimum Gasteiger partial charge on any atom is -0.439 e. The van der Waals surface area contributed by atoms with Crippen molar-refractivity contribution in [3.05, 3.63) is 71.0 Å². The van der Waals surface area contributed by atoms with Gasteiger partial charge in [0, 0.05) is 11.2 Å². The zero-order chi connectivity index (χ0) is 19.4. The predicted octanol–water partition coefficient (Wildman–Crippen LogP) is 3.52. The fraction of sp³-hybridized carbons (Fsp3) is 0.250. The van der Waals surface area contributed by atoms with Crippen LogP contribution in [-0.4, -0.2) is 39.1 Å². The Morgan fingerprint density at radius 1 is 1.30 bits per heavy atom. The summed E-state index contributed by atoms with van der Waals surface area (Å²) in [6, 6.07) is 14.0. The number of cyclic esters (lactones) is 1. The van der Waals surface area contributed by atoms with E-state index in [1.165, 1.54) is 6.08 Å². The van der Waals surface area contributed by atoms with Gasteiger partial charge in [0.2, 0.25) is 5.91 Å². The zero-order valence-corrected chi connectivity index (χ0v) is 15.4. The molecular weight excluding hydrogens is 368 g/mol. The maximum absolute atomic E-state index is 12.6. The van der Waals surface area contributed by atoms with E-state index in [9.17, 15) is 14.7 Å². The Kier molecular flexibility index (Phi) is 5.88. The summed E-state index contributed by atoms with van der Waals surface area (Å²) in [5, 5.41) is 10.3. The molecule has 1 aliphatic rings. The molecule has 1 fully saturated rings. The molecule has 6 nitrogen and oxygen atoms in total. The van der Waals surface area contributed by atoms with Crippen molar-refractivity contribution in [1.82, 2.24) is 9.88 Å². The van der Waals surface area contributed by atoms with Gasteiger partial charge in [0.05, 0.1) is 24.3 Å². The van der Waals surface area contributed by atoms with Gasteiger partial charge in [0.15, 0.2) is 0 Å². The highest BCUT2D eigenvalue weighted by molar-refractivity contribution is 6.32. The minimum absolute atomic E-state index is 0.0712. The molecule has 1 aromatic heterocycles. The van der Waals surface area contributed by atoms with Crippen molar-refractivity contribution in [2.75, 3.05) is 0 Å². The van der Waals surface area contributed by atoms with Crippen LogP contribution in [0.25, 0.3) is 6.08 Å². The van der Waals surface area contributed by atoms with Crippen LogP contribution in [0.2, 0.25) is 0 Å². The summed E-state index contributed by atoms with van der Waals surface area (Å²) in [5.41, 5.74) is 1.37. The van der Waals surface area contributed by atoms with Crippen LogP contribution in [0.4, 0.5) is 4.79 Å². The van der Waals surface area contributed by atoms with Crippen molar-refractivity contribution in [3.8, 4) is 0 Å². The number of aliphatic hydroxyl groups is 1. The minimum atomic E-state index is -1.24. The highest BCUT2D eigenvalue weighted by Gasteiger charge is 2.43. The van der Waals surface area contributed by atoms with Crippen molar-refractivity contribution < 1.29 is 19.4 Å². The molecule has 2 aromatic rings. The summed E-state index contributed by atoms with van der Waals surface area (Å²) in [4.78, 5) is 29.9. The van der Waals surface area contributed by atoms with Gasteiger partial charge in [-0.3, -0.25) is 9.78 Å². The number of carbonyl (C=O) groups excluding carboxylic acids is 2. The van der Waals surface area contributed by atoms with Gasteiger partial charge >= 0.3 is 6.09 Å². The van der Waals surface area contributed by atoms with Gasteiger partial charge in [0.25, 0.3) is 0 Å². The van der Waals surface area contributed by atoms with Gasteiger partial charge in [-0.1, -0.05) is 48.0 Å². The van der Waals surface area contributed by atoms with Gasteiger partial charge in [0.1, 0.15) is 6.10 Å². The summed E-state index contributed by atoms with van der Waals surface area (Å²) in [5.74, 6) is -0.550. The first-order valence-electron chi connectivity index (χ1n) is 8.51. The van der Waals surface area contributed by atoms with Crippen molar-refractivity contribution in [2.45, 2.75) is 31.6 Å². The molecule has 0 unspecified atom stereocenters. The SMILES string of the molecule is C[C@H]1[C@@H](c2ccccc2)OC(=O)N1C(=O)C[C@H](O)/C(Cl)=C/c1ccccn1. The normalized spacial score (nSPS) is 21.1. The number of aromatic nitrogens is 1. The number of carbonyl (C=O) groups is 2. The third-order valence-corrected chi connectivity index (χ3v) is 4.69. The molecule has 1 saturated heterocycles.